The SMILES string of the molecule is CCCN=C(N)NCCCCc1nc(C)cs1. The Hall–Kier alpha value is -1.10. The van der Waals surface area contributed by atoms with E-state index in [-0.39, 0.29) is 0 Å². The molecule has 0 bridgehead atoms. The third-order valence-electron chi connectivity index (χ3n) is 2.30. The quantitative estimate of drug-likeness (QED) is 0.445. The number of aryl methyl sites for hydroxylation is 2. The van der Waals surface area contributed by atoms with Crippen molar-refractivity contribution in [2.45, 2.75) is 39.5 Å². The molecule has 5 heteroatoms. The molecule has 3 N–H and O–H groups in total. The van der Waals surface area contributed by atoms with Crippen LogP contribution in [0.1, 0.15) is 36.9 Å². The molecule has 0 amide bonds. The van der Waals surface area contributed by atoms with Crippen molar-refractivity contribution in [2.24, 2.45) is 10.7 Å². The van der Waals surface area contributed by atoms with Crippen molar-refractivity contribution in [1.29, 1.82) is 0 Å². The number of thiazole rings is 1. The van der Waals surface area contributed by atoms with Gasteiger partial charge in [-0.2, -0.15) is 0 Å². The maximum atomic E-state index is 5.69. The number of unbranched alkanes of at least 4 members (excludes halogenated alkanes) is 1. The van der Waals surface area contributed by atoms with E-state index in [1.165, 1.54) is 5.01 Å². The van der Waals surface area contributed by atoms with Crippen LogP contribution in [-0.4, -0.2) is 24.0 Å². The molecule has 17 heavy (non-hydrogen) atoms. The van der Waals surface area contributed by atoms with E-state index in [4.69, 9.17) is 5.73 Å². The summed E-state index contributed by atoms with van der Waals surface area (Å²) in [5.41, 5.74) is 6.81. The number of hydrogen-bond acceptors (Lipinski definition) is 3. The Morgan fingerprint density at radius 3 is 3.00 bits per heavy atom. The average molecular weight is 254 g/mol. The molecule has 0 radical (unpaired) electrons. The Kier molecular flexibility index (Phi) is 6.62. The highest BCUT2D eigenvalue weighted by atomic mass is 32.1. The lowest BCUT2D eigenvalue weighted by molar-refractivity contribution is 0.702. The standard InChI is InChI=1S/C12H22N4S/c1-3-7-14-12(13)15-8-5-4-6-11-16-10(2)9-17-11/h9H,3-8H2,1-2H3,(H3,13,14,15). The zero-order chi connectivity index (χ0) is 12.5. The van der Waals surface area contributed by atoms with Gasteiger partial charge < -0.3 is 11.1 Å². The summed E-state index contributed by atoms with van der Waals surface area (Å²) in [6, 6.07) is 0. The number of aliphatic imine (C=N–C) groups is 1. The van der Waals surface area contributed by atoms with Crippen LogP contribution in [0.3, 0.4) is 0 Å². The molecule has 0 fully saturated rings. The van der Waals surface area contributed by atoms with Crippen LogP contribution in [0.5, 0.6) is 0 Å². The van der Waals surface area contributed by atoms with Gasteiger partial charge in [-0.25, -0.2) is 4.98 Å². The minimum absolute atomic E-state index is 0.567. The van der Waals surface area contributed by atoms with Crippen molar-refractivity contribution in [2.75, 3.05) is 13.1 Å². The normalized spacial score (nSPS) is 11.8. The number of nitrogens with zero attached hydrogens (tertiary/aromatic N) is 2. The van der Waals surface area contributed by atoms with Gasteiger partial charge in [0.05, 0.1) is 5.01 Å². The molecule has 1 rings (SSSR count). The number of guanidine groups is 1. The van der Waals surface area contributed by atoms with E-state index in [2.05, 4.69) is 27.6 Å². The van der Waals surface area contributed by atoms with Crippen molar-refractivity contribution in [3.63, 3.8) is 0 Å². The first-order valence-electron chi connectivity index (χ1n) is 6.17. The summed E-state index contributed by atoms with van der Waals surface area (Å²) in [4.78, 5) is 8.61. The fourth-order valence-corrected chi connectivity index (χ4v) is 2.24. The molecule has 1 aromatic rings. The van der Waals surface area contributed by atoms with E-state index in [0.717, 1.165) is 44.5 Å². The first kappa shape index (κ1) is 14.0. The third-order valence-corrected chi connectivity index (χ3v) is 3.32. The van der Waals surface area contributed by atoms with Crippen LogP contribution < -0.4 is 11.1 Å². The molecule has 1 heterocycles. The van der Waals surface area contributed by atoms with Gasteiger partial charge in [0.1, 0.15) is 0 Å². The van der Waals surface area contributed by atoms with Gasteiger partial charge in [0.15, 0.2) is 5.96 Å². The van der Waals surface area contributed by atoms with E-state index in [0.29, 0.717) is 5.96 Å². The fourth-order valence-electron chi connectivity index (χ4n) is 1.42. The Morgan fingerprint density at radius 2 is 2.35 bits per heavy atom. The van der Waals surface area contributed by atoms with Gasteiger partial charge in [-0.15, -0.1) is 11.3 Å². The van der Waals surface area contributed by atoms with Gasteiger partial charge in [0, 0.05) is 24.2 Å². The summed E-state index contributed by atoms with van der Waals surface area (Å²) in [5.74, 6) is 0.567. The number of hydrogen-bond donors (Lipinski definition) is 2. The first-order chi connectivity index (χ1) is 8.22. The summed E-state index contributed by atoms with van der Waals surface area (Å²) in [7, 11) is 0. The lowest BCUT2D eigenvalue weighted by Crippen LogP contribution is -2.32. The second kappa shape index (κ2) is 8.06. The van der Waals surface area contributed by atoms with E-state index in [9.17, 15) is 0 Å². The molecular weight excluding hydrogens is 232 g/mol. The van der Waals surface area contributed by atoms with Crippen LogP contribution in [0.2, 0.25) is 0 Å². The molecular formula is C12H22N4S. The number of nitrogens with two attached hydrogens (primary N) is 1. The van der Waals surface area contributed by atoms with Crippen LogP contribution in [0, 0.1) is 6.92 Å². The summed E-state index contributed by atoms with van der Waals surface area (Å²) in [5, 5.41) is 6.45. The molecule has 0 aliphatic carbocycles. The third kappa shape index (κ3) is 6.26. The van der Waals surface area contributed by atoms with Gasteiger partial charge in [0.2, 0.25) is 0 Å². The highest BCUT2D eigenvalue weighted by molar-refractivity contribution is 7.09. The van der Waals surface area contributed by atoms with Crippen molar-refractivity contribution in [3.8, 4) is 0 Å². The van der Waals surface area contributed by atoms with Crippen LogP contribution >= 0.6 is 11.3 Å². The highest BCUT2D eigenvalue weighted by Gasteiger charge is 1.98. The Balaban J connectivity index is 2.05. The first-order valence-corrected chi connectivity index (χ1v) is 7.05. The van der Waals surface area contributed by atoms with Crippen molar-refractivity contribution in [3.05, 3.63) is 16.1 Å². The number of aromatic nitrogens is 1. The van der Waals surface area contributed by atoms with E-state index in [1.807, 2.05) is 6.92 Å². The second-order valence-electron chi connectivity index (χ2n) is 4.03. The van der Waals surface area contributed by atoms with E-state index < -0.39 is 0 Å². The van der Waals surface area contributed by atoms with Crippen LogP contribution in [0.4, 0.5) is 0 Å². The Bertz CT molecular complexity index is 346. The van der Waals surface area contributed by atoms with Gasteiger partial charge >= 0.3 is 0 Å². The second-order valence-corrected chi connectivity index (χ2v) is 4.98. The van der Waals surface area contributed by atoms with Gasteiger partial charge in [-0.1, -0.05) is 6.92 Å². The largest absolute Gasteiger partial charge is 0.370 e. The smallest absolute Gasteiger partial charge is 0.188 e. The van der Waals surface area contributed by atoms with Gasteiger partial charge in [-0.3, -0.25) is 4.99 Å². The summed E-state index contributed by atoms with van der Waals surface area (Å²) < 4.78 is 0. The minimum Gasteiger partial charge on any atom is -0.370 e. The molecule has 4 nitrogen and oxygen atoms in total. The molecule has 0 saturated heterocycles. The lowest BCUT2D eigenvalue weighted by Gasteiger charge is -2.04. The topological polar surface area (TPSA) is 63.3 Å². The average Bonchev–Trinajstić information content (AvgIpc) is 2.72. The van der Waals surface area contributed by atoms with Crippen molar-refractivity contribution < 1.29 is 0 Å². The van der Waals surface area contributed by atoms with Crippen LogP contribution in [0.15, 0.2) is 10.4 Å². The van der Waals surface area contributed by atoms with Gasteiger partial charge in [-0.05, 0) is 32.6 Å². The molecule has 0 aromatic carbocycles. The summed E-state index contributed by atoms with van der Waals surface area (Å²) in [6.07, 6.45) is 4.33. The highest BCUT2D eigenvalue weighted by Crippen LogP contribution is 2.11. The molecule has 0 unspecified atom stereocenters. The summed E-state index contributed by atoms with van der Waals surface area (Å²) in [6.45, 7) is 5.82. The predicted molar refractivity (Wildman–Crippen MR) is 74.6 cm³/mol. The minimum atomic E-state index is 0.567. The summed E-state index contributed by atoms with van der Waals surface area (Å²) >= 11 is 1.75. The zero-order valence-electron chi connectivity index (χ0n) is 10.7. The number of nitrogens with one attached hydrogen (secondary N) is 1. The maximum Gasteiger partial charge on any atom is 0.188 e. The fraction of sp³-hybridized carbons (Fsp3) is 0.667. The van der Waals surface area contributed by atoms with Gasteiger partial charge in [0.25, 0.3) is 0 Å². The predicted octanol–water partition coefficient (Wildman–Crippen LogP) is 2.09. The lowest BCUT2D eigenvalue weighted by atomic mass is 10.2. The number of rotatable bonds is 7. The zero-order valence-corrected chi connectivity index (χ0v) is 11.5. The molecule has 96 valence electrons. The monoisotopic (exact) mass is 254 g/mol. The molecule has 0 saturated carbocycles. The van der Waals surface area contributed by atoms with E-state index in [1.54, 1.807) is 11.3 Å². The van der Waals surface area contributed by atoms with Crippen molar-refractivity contribution in [1.82, 2.24) is 10.3 Å². The maximum absolute atomic E-state index is 5.69. The Labute approximate surface area is 107 Å². The Morgan fingerprint density at radius 1 is 1.53 bits per heavy atom. The van der Waals surface area contributed by atoms with Crippen LogP contribution in [-0.2, 0) is 6.42 Å². The molecule has 0 atom stereocenters. The molecule has 0 spiro atoms. The molecule has 0 aliphatic heterocycles. The molecule has 0 aliphatic rings. The van der Waals surface area contributed by atoms with Crippen molar-refractivity contribution >= 4 is 17.3 Å². The van der Waals surface area contributed by atoms with Crippen LogP contribution in [0.25, 0.3) is 0 Å². The molecule has 1 aromatic heterocycles. The van der Waals surface area contributed by atoms with E-state index >= 15 is 0 Å².